The average molecular weight is 239 g/mol. The molecule has 1 aromatic rings. The van der Waals surface area contributed by atoms with Gasteiger partial charge in [0.15, 0.2) is 0 Å². The summed E-state index contributed by atoms with van der Waals surface area (Å²) in [4.78, 5) is 6.32. The van der Waals surface area contributed by atoms with E-state index in [2.05, 4.69) is 15.2 Å². The highest BCUT2D eigenvalue weighted by molar-refractivity contribution is 5.36. The summed E-state index contributed by atoms with van der Waals surface area (Å²) in [7, 11) is 3.53. The summed E-state index contributed by atoms with van der Waals surface area (Å²) in [6, 6.07) is 4.00. The highest BCUT2D eigenvalue weighted by Crippen LogP contribution is 2.08. The topological polar surface area (TPSA) is 57.6 Å². The molecule has 0 aliphatic rings. The SMILES string of the molecule is CNc1cc(CN(CCO)CCOC)ccn1. The second-order valence-electron chi connectivity index (χ2n) is 3.79. The van der Waals surface area contributed by atoms with Crippen molar-refractivity contribution in [2.45, 2.75) is 6.54 Å². The fourth-order valence-corrected chi connectivity index (χ4v) is 1.60. The molecular weight excluding hydrogens is 218 g/mol. The van der Waals surface area contributed by atoms with Crippen LogP contribution in [0.4, 0.5) is 5.82 Å². The third-order valence-corrected chi connectivity index (χ3v) is 2.51. The Balaban J connectivity index is 2.57. The van der Waals surface area contributed by atoms with E-state index in [-0.39, 0.29) is 6.61 Å². The Morgan fingerprint density at radius 2 is 2.29 bits per heavy atom. The van der Waals surface area contributed by atoms with Crippen molar-refractivity contribution in [3.8, 4) is 0 Å². The van der Waals surface area contributed by atoms with Gasteiger partial charge in [-0.2, -0.15) is 0 Å². The van der Waals surface area contributed by atoms with Crippen molar-refractivity contribution in [2.24, 2.45) is 0 Å². The lowest BCUT2D eigenvalue weighted by Crippen LogP contribution is -2.29. The summed E-state index contributed by atoms with van der Waals surface area (Å²) in [6.45, 7) is 3.09. The number of hydrogen-bond acceptors (Lipinski definition) is 5. The number of pyridine rings is 1. The lowest BCUT2D eigenvalue weighted by atomic mass is 10.2. The zero-order valence-corrected chi connectivity index (χ0v) is 10.5. The summed E-state index contributed by atoms with van der Waals surface area (Å²) in [6.07, 6.45) is 1.79. The van der Waals surface area contributed by atoms with Gasteiger partial charge in [0.05, 0.1) is 13.2 Å². The van der Waals surface area contributed by atoms with Gasteiger partial charge in [0, 0.05) is 40.0 Å². The molecule has 0 saturated heterocycles. The smallest absolute Gasteiger partial charge is 0.125 e. The van der Waals surface area contributed by atoms with E-state index in [1.165, 1.54) is 5.56 Å². The van der Waals surface area contributed by atoms with Crippen LogP contribution in [0.25, 0.3) is 0 Å². The fourth-order valence-electron chi connectivity index (χ4n) is 1.60. The van der Waals surface area contributed by atoms with Gasteiger partial charge in [-0.05, 0) is 17.7 Å². The van der Waals surface area contributed by atoms with E-state index in [0.717, 1.165) is 18.9 Å². The molecule has 0 spiro atoms. The minimum atomic E-state index is 0.160. The van der Waals surface area contributed by atoms with Crippen LogP contribution in [0.2, 0.25) is 0 Å². The summed E-state index contributed by atoms with van der Waals surface area (Å²) >= 11 is 0. The van der Waals surface area contributed by atoms with E-state index < -0.39 is 0 Å². The molecule has 2 N–H and O–H groups in total. The molecule has 0 aliphatic carbocycles. The first-order chi connectivity index (χ1) is 8.30. The summed E-state index contributed by atoms with van der Waals surface area (Å²) < 4.78 is 5.05. The molecule has 96 valence electrons. The quantitative estimate of drug-likeness (QED) is 0.694. The molecule has 17 heavy (non-hydrogen) atoms. The lowest BCUT2D eigenvalue weighted by molar-refractivity contribution is 0.127. The van der Waals surface area contributed by atoms with Crippen LogP contribution in [-0.4, -0.2) is 55.5 Å². The maximum Gasteiger partial charge on any atom is 0.125 e. The Bertz CT molecular complexity index is 320. The van der Waals surface area contributed by atoms with E-state index in [1.54, 1.807) is 13.3 Å². The number of nitrogens with zero attached hydrogens (tertiary/aromatic N) is 2. The molecule has 0 atom stereocenters. The maximum absolute atomic E-state index is 9.01. The molecule has 0 aromatic carbocycles. The summed E-state index contributed by atoms with van der Waals surface area (Å²) in [5.74, 6) is 0.859. The van der Waals surface area contributed by atoms with E-state index in [0.29, 0.717) is 13.2 Å². The number of hydrogen-bond donors (Lipinski definition) is 2. The monoisotopic (exact) mass is 239 g/mol. The van der Waals surface area contributed by atoms with Gasteiger partial charge in [0.1, 0.15) is 5.82 Å². The van der Waals surface area contributed by atoms with Crippen LogP contribution in [0.1, 0.15) is 5.56 Å². The maximum atomic E-state index is 9.01. The van der Waals surface area contributed by atoms with Crippen LogP contribution in [0.3, 0.4) is 0 Å². The van der Waals surface area contributed by atoms with Crippen molar-refractivity contribution in [2.75, 3.05) is 45.8 Å². The van der Waals surface area contributed by atoms with Crippen molar-refractivity contribution in [1.29, 1.82) is 0 Å². The number of anilines is 1. The highest BCUT2D eigenvalue weighted by Gasteiger charge is 2.05. The number of aliphatic hydroxyl groups excluding tert-OH is 1. The van der Waals surface area contributed by atoms with Crippen molar-refractivity contribution >= 4 is 5.82 Å². The number of ether oxygens (including phenoxy) is 1. The van der Waals surface area contributed by atoms with E-state index in [1.807, 2.05) is 19.2 Å². The summed E-state index contributed by atoms with van der Waals surface area (Å²) in [5.41, 5.74) is 1.17. The van der Waals surface area contributed by atoms with Crippen LogP contribution < -0.4 is 5.32 Å². The molecule has 1 aromatic heterocycles. The fraction of sp³-hybridized carbons (Fsp3) is 0.583. The minimum Gasteiger partial charge on any atom is -0.395 e. The zero-order valence-electron chi connectivity index (χ0n) is 10.5. The summed E-state index contributed by atoms with van der Waals surface area (Å²) in [5, 5.41) is 12.0. The zero-order chi connectivity index (χ0) is 12.5. The van der Waals surface area contributed by atoms with Gasteiger partial charge < -0.3 is 15.2 Å². The molecule has 0 unspecified atom stereocenters. The molecule has 0 amide bonds. The lowest BCUT2D eigenvalue weighted by Gasteiger charge is -2.21. The van der Waals surface area contributed by atoms with E-state index in [4.69, 9.17) is 9.84 Å². The Hall–Kier alpha value is -1.17. The predicted molar refractivity (Wildman–Crippen MR) is 68.0 cm³/mol. The van der Waals surface area contributed by atoms with Crippen LogP contribution in [0.5, 0.6) is 0 Å². The molecule has 0 saturated carbocycles. The molecule has 1 heterocycles. The minimum absolute atomic E-state index is 0.160. The standard InChI is InChI=1S/C12H21N3O2/c1-13-12-9-11(3-4-14-12)10-15(5-7-16)6-8-17-2/h3-4,9,16H,5-8,10H2,1-2H3,(H,13,14). The number of aromatic nitrogens is 1. The van der Waals surface area contributed by atoms with Gasteiger partial charge in [0.25, 0.3) is 0 Å². The second kappa shape index (κ2) is 8.00. The molecular formula is C12H21N3O2. The Labute approximate surface area is 102 Å². The van der Waals surface area contributed by atoms with E-state index in [9.17, 15) is 0 Å². The molecule has 1 rings (SSSR count). The molecule has 5 heteroatoms. The van der Waals surface area contributed by atoms with Crippen molar-refractivity contribution in [1.82, 2.24) is 9.88 Å². The Kier molecular flexibility index (Phi) is 6.54. The first-order valence-corrected chi connectivity index (χ1v) is 5.75. The Morgan fingerprint density at radius 1 is 1.47 bits per heavy atom. The third-order valence-electron chi connectivity index (χ3n) is 2.51. The number of rotatable bonds is 8. The second-order valence-corrected chi connectivity index (χ2v) is 3.79. The van der Waals surface area contributed by atoms with Crippen molar-refractivity contribution < 1.29 is 9.84 Å². The van der Waals surface area contributed by atoms with Crippen molar-refractivity contribution in [3.05, 3.63) is 23.9 Å². The van der Waals surface area contributed by atoms with Crippen molar-refractivity contribution in [3.63, 3.8) is 0 Å². The molecule has 0 radical (unpaired) electrons. The molecule has 0 bridgehead atoms. The molecule has 0 aliphatic heterocycles. The number of methoxy groups -OCH3 is 1. The van der Waals surface area contributed by atoms with Gasteiger partial charge in [-0.3, -0.25) is 4.90 Å². The predicted octanol–water partition coefficient (Wildman–Crippen LogP) is 0.564. The van der Waals surface area contributed by atoms with Gasteiger partial charge in [-0.15, -0.1) is 0 Å². The number of nitrogens with one attached hydrogen (secondary N) is 1. The number of aliphatic hydroxyl groups is 1. The Morgan fingerprint density at radius 3 is 2.94 bits per heavy atom. The first-order valence-electron chi connectivity index (χ1n) is 5.75. The normalized spacial score (nSPS) is 10.8. The first kappa shape index (κ1) is 13.9. The van der Waals surface area contributed by atoms with Gasteiger partial charge >= 0.3 is 0 Å². The van der Waals surface area contributed by atoms with Crippen LogP contribution in [0.15, 0.2) is 18.3 Å². The van der Waals surface area contributed by atoms with Gasteiger partial charge in [-0.1, -0.05) is 0 Å². The largest absolute Gasteiger partial charge is 0.395 e. The highest BCUT2D eigenvalue weighted by atomic mass is 16.5. The van der Waals surface area contributed by atoms with Crippen LogP contribution in [-0.2, 0) is 11.3 Å². The molecule has 5 nitrogen and oxygen atoms in total. The average Bonchev–Trinajstić information content (AvgIpc) is 2.36. The molecule has 0 fully saturated rings. The van der Waals surface area contributed by atoms with Crippen LogP contribution >= 0.6 is 0 Å². The van der Waals surface area contributed by atoms with Gasteiger partial charge in [-0.25, -0.2) is 4.98 Å². The van der Waals surface area contributed by atoms with E-state index >= 15 is 0 Å². The van der Waals surface area contributed by atoms with Gasteiger partial charge in [0.2, 0.25) is 0 Å². The van der Waals surface area contributed by atoms with Crippen LogP contribution in [0, 0.1) is 0 Å². The third kappa shape index (κ3) is 5.12.